The molecule has 1 atom stereocenters. The SMILES string of the molecule is COc1ccc(N2CC(C(=O)Nc3cc(C)nn3-c3cc(C)c4cc(C)cc(C)c4n3)CC2=O)cc1. The Labute approximate surface area is 209 Å². The molecule has 5 rings (SSSR count). The smallest absolute Gasteiger partial charge is 0.230 e. The number of hydrogen-bond donors (Lipinski definition) is 1. The van der Waals surface area contributed by atoms with E-state index in [1.165, 1.54) is 5.56 Å². The molecule has 0 saturated carbocycles. The van der Waals surface area contributed by atoms with Crippen molar-refractivity contribution < 1.29 is 14.3 Å². The number of hydrogen-bond acceptors (Lipinski definition) is 5. The van der Waals surface area contributed by atoms with Gasteiger partial charge in [0, 0.05) is 30.1 Å². The zero-order valence-corrected chi connectivity index (χ0v) is 21.1. The van der Waals surface area contributed by atoms with Gasteiger partial charge in [0.15, 0.2) is 5.82 Å². The van der Waals surface area contributed by atoms with Gasteiger partial charge in [0.05, 0.1) is 24.2 Å². The van der Waals surface area contributed by atoms with Gasteiger partial charge >= 0.3 is 0 Å². The summed E-state index contributed by atoms with van der Waals surface area (Å²) in [6.07, 6.45) is 0.150. The average Bonchev–Trinajstić information content (AvgIpc) is 3.42. The van der Waals surface area contributed by atoms with E-state index in [0.29, 0.717) is 23.9 Å². The Morgan fingerprint density at radius 3 is 2.50 bits per heavy atom. The number of carbonyl (C=O) groups is 2. The van der Waals surface area contributed by atoms with Crippen molar-refractivity contribution in [3.8, 4) is 11.6 Å². The maximum Gasteiger partial charge on any atom is 0.230 e. The summed E-state index contributed by atoms with van der Waals surface area (Å²) in [5.41, 5.74) is 5.79. The molecule has 1 fully saturated rings. The fraction of sp³-hybridized carbons (Fsp3) is 0.286. The van der Waals surface area contributed by atoms with Crippen LogP contribution in [0.3, 0.4) is 0 Å². The fourth-order valence-electron chi connectivity index (χ4n) is 4.82. The first-order valence-electron chi connectivity index (χ1n) is 11.9. The molecule has 0 spiro atoms. The van der Waals surface area contributed by atoms with Crippen molar-refractivity contribution >= 4 is 34.2 Å². The van der Waals surface area contributed by atoms with E-state index in [4.69, 9.17) is 9.72 Å². The molecule has 2 aromatic carbocycles. The van der Waals surface area contributed by atoms with E-state index in [-0.39, 0.29) is 18.2 Å². The number of nitrogens with zero attached hydrogens (tertiary/aromatic N) is 4. The standard InChI is InChI=1S/C28H29N5O3/c1-16-10-18(3)27-23(11-16)17(2)12-24(29-27)33-25(13-19(4)31-33)30-28(35)20-14-26(34)32(15-20)21-6-8-22(36-5)9-7-21/h6-13,20H,14-15H2,1-5H3,(H,30,35). The van der Waals surface area contributed by atoms with Crippen molar-refractivity contribution in [3.05, 3.63) is 70.9 Å². The third-order valence-corrected chi connectivity index (χ3v) is 6.62. The molecular formula is C28H29N5O3. The maximum atomic E-state index is 13.2. The lowest BCUT2D eigenvalue weighted by Gasteiger charge is -2.17. The highest BCUT2D eigenvalue weighted by Gasteiger charge is 2.35. The molecule has 2 amide bonds. The minimum absolute atomic E-state index is 0.0809. The summed E-state index contributed by atoms with van der Waals surface area (Å²) in [6.45, 7) is 8.37. The molecule has 1 saturated heterocycles. The van der Waals surface area contributed by atoms with E-state index in [1.54, 1.807) is 28.8 Å². The van der Waals surface area contributed by atoms with Gasteiger partial charge in [0.2, 0.25) is 11.8 Å². The van der Waals surface area contributed by atoms with Crippen LogP contribution in [-0.2, 0) is 9.59 Å². The number of ether oxygens (including phenoxy) is 1. The number of methoxy groups -OCH3 is 1. The first-order chi connectivity index (χ1) is 17.2. The van der Waals surface area contributed by atoms with Gasteiger partial charge in [-0.1, -0.05) is 11.6 Å². The summed E-state index contributed by atoms with van der Waals surface area (Å²) >= 11 is 0. The molecular weight excluding hydrogens is 454 g/mol. The largest absolute Gasteiger partial charge is 0.497 e. The molecule has 3 heterocycles. The summed E-state index contributed by atoms with van der Waals surface area (Å²) in [4.78, 5) is 32.4. The molecule has 1 N–H and O–H groups in total. The fourth-order valence-corrected chi connectivity index (χ4v) is 4.82. The van der Waals surface area contributed by atoms with Crippen molar-refractivity contribution in [1.82, 2.24) is 14.8 Å². The molecule has 0 radical (unpaired) electrons. The maximum absolute atomic E-state index is 13.2. The Morgan fingerprint density at radius 2 is 1.78 bits per heavy atom. The molecule has 0 bridgehead atoms. The lowest BCUT2D eigenvalue weighted by atomic mass is 10.0. The van der Waals surface area contributed by atoms with E-state index in [1.807, 2.05) is 38.1 Å². The first-order valence-corrected chi connectivity index (χ1v) is 11.9. The first kappa shape index (κ1) is 23.5. The van der Waals surface area contributed by atoms with E-state index in [2.05, 4.69) is 36.4 Å². The van der Waals surface area contributed by atoms with Crippen LogP contribution in [0.5, 0.6) is 5.75 Å². The van der Waals surface area contributed by atoms with Gasteiger partial charge in [-0.2, -0.15) is 9.78 Å². The number of amides is 2. The minimum atomic E-state index is -0.472. The zero-order valence-electron chi connectivity index (χ0n) is 21.1. The highest BCUT2D eigenvalue weighted by Crippen LogP contribution is 2.29. The Morgan fingerprint density at radius 1 is 1.03 bits per heavy atom. The molecule has 184 valence electrons. The number of carbonyl (C=O) groups excluding carboxylic acids is 2. The van der Waals surface area contributed by atoms with Crippen molar-refractivity contribution in [2.75, 3.05) is 23.9 Å². The van der Waals surface area contributed by atoms with Gasteiger partial charge in [-0.15, -0.1) is 0 Å². The van der Waals surface area contributed by atoms with E-state index >= 15 is 0 Å². The second-order valence-corrected chi connectivity index (χ2v) is 9.45. The van der Waals surface area contributed by atoms with E-state index in [9.17, 15) is 9.59 Å². The Hall–Kier alpha value is -4.20. The van der Waals surface area contributed by atoms with Crippen LogP contribution in [0.25, 0.3) is 16.7 Å². The van der Waals surface area contributed by atoms with Crippen LogP contribution in [0.4, 0.5) is 11.5 Å². The highest BCUT2D eigenvalue weighted by molar-refractivity contribution is 6.03. The summed E-state index contributed by atoms with van der Waals surface area (Å²) < 4.78 is 6.86. The number of rotatable bonds is 5. The van der Waals surface area contributed by atoms with Gasteiger partial charge in [-0.25, -0.2) is 4.98 Å². The van der Waals surface area contributed by atoms with Gasteiger partial charge in [-0.3, -0.25) is 9.59 Å². The van der Waals surface area contributed by atoms with Crippen LogP contribution >= 0.6 is 0 Å². The second kappa shape index (κ2) is 9.11. The number of nitrogens with one attached hydrogen (secondary N) is 1. The van der Waals surface area contributed by atoms with Crippen LogP contribution in [-0.4, -0.2) is 40.2 Å². The minimum Gasteiger partial charge on any atom is -0.497 e. The van der Waals surface area contributed by atoms with Crippen LogP contribution in [0.2, 0.25) is 0 Å². The van der Waals surface area contributed by atoms with Crippen LogP contribution < -0.4 is 15.0 Å². The summed E-state index contributed by atoms with van der Waals surface area (Å²) in [5.74, 6) is 1.11. The van der Waals surface area contributed by atoms with Crippen molar-refractivity contribution in [1.29, 1.82) is 0 Å². The Balaban J connectivity index is 1.40. The Bertz CT molecular complexity index is 1490. The van der Waals surface area contributed by atoms with Gasteiger partial charge in [-0.05, 0) is 75.2 Å². The average molecular weight is 484 g/mol. The van der Waals surface area contributed by atoms with Crippen LogP contribution in [0.1, 0.15) is 28.8 Å². The third kappa shape index (κ3) is 4.30. The normalized spacial score (nSPS) is 15.5. The number of aryl methyl sites for hydroxylation is 4. The van der Waals surface area contributed by atoms with Gasteiger partial charge in [0.1, 0.15) is 11.6 Å². The predicted octanol–water partition coefficient (Wildman–Crippen LogP) is 4.65. The number of benzene rings is 2. The Kier molecular flexibility index (Phi) is 5.96. The zero-order chi connectivity index (χ0) is 25.6. The predicted molar refractivity (Wildman–Crippen MR) is 140 cm³/mol. The lowest BCUT2D eigenvalue weighted by Crippen LogP contribution is -2.28. The topological polar surface area (TPSA) is 89.3 Å². The molecule has 0 aliphatic carbocycles. The van der Waals surface area contributed by atoms with Crippen molar-refractivity contribution in [2.24, 2.45) is 5.92 Å². The third-order valence-electron chi connectivity index (χ3n) is 6.62. The van der Waals surface area contributed by atoms with E-state index in [0.717, 1.165) is 33.4 Å². The number of fused-ring (bicyclic) bond motifs is 1. The number of anilines is 2. The quantitative estimate of drug-likeness (QED) is 0.446. The monoisotopic (exact) mass is 483 g/mol. The van der Waals surface area contributed by atoms with Crippen molar-refractivity contribution in [3.63, 3.8) is 0 Å². The molecule has 4 aromatic rings. The lowest BCUT2D eigenvalue weighted by molar-refractivity contribution is -0.122. The number of aromatic nitrogens is 3. The van der Waals surface area contributed by atoms with E-state index < -0.39 is 5.92 Å². The summed E-state index contributed by atoms with van der Waals surface area (Å²) in [6, 6.07) is 15.3. The van der Waals surface area contributed by atoms with Gasteiger partial charge in [0.25, 0.3) is 0 Å². The molecule has 36 heavy (non-hydrogen) atoms. The van der Waals surface area contributed by atoms with Gasteiger partial charge < -0.3 is 15.0 Å². The van der Waals surface area contributed by atoms with Crippen LogP contribution in [0, 0.1) is 33.6 Å². The number of pyridine rings is 1. The molecule has 8 heteroatoms. The highest BCUT2D eigenvalue weighted by atomic mass is 16.5. The summed E-state index contributed by atoms with van der Waals surface area (Å²) in [5, 5.41) is 8.70. The summed E-state index contributed by atoms with van der Waals surface area (Å²) in [7, 11) is 1.60. The molecule has 1 unspecified atom stereocenters. The van der Waals surface area contributed by atoms with Crippen molar-refractivity contribution in [2.45, 2.75) is 34.1 Å². The molecule has 2 aromatic heterocycles. The molecule has 8 nitrogen and oxygen atoms in total. The van der Waals surface area contributed by atoms with Crippen LogP contribution in [0.15, 0.2) is 48.5 Å². The second-order valence-electron chi connectivity index (χ2n) is 9.45. The molecule has 1 aliphatic heterocycles. The molecule has 1 aliphatic rings.